The first-order chi connectivity index (χ1) is 10.2. The first-order valence-electron chi connectivity index (χ1n) is 7.33. The summed E-state index contributed by atoms with van der Waals surface area (Å²) in [6, 6.07) is 6.02. The van der Waals surface area contributed by atoms with E-state index in [-0.39, 0.29) is 5.91 Å². The molecule has 1 unspecified atom stereocenters. The molecule has 4 nitrogen and oxygen atoms in total. The zero-order valence-electron chi connectivity index (χ0n) is 12.2. The topological polar surface area (TPSA) is 46.1 Å². The van der Waals surface area contributed by atoms with Crippen molar-refractivity contribution in [1.82, 2.24) is 14.9 Å². The van der Waals surface area contributed by atoms with Crippen molar-refractivity contribution in [3.05, 3.63) is 46.2 Å². The van der Waals surface area contributed by atoms with E-state index in [9.17, 15) is 4.79 Å². The summed E-state index contributed by atoms with van der Waals surface area (Å²) in [7, 11) is 0. The molecular formula is C16H19N3OS. The van der Waals surface area contributed by atoms with Crippen molar-refractivity contribution in [2.45, 2.75) is 26.2 Å². The first kappa shape index (κ1) is 14.2. The Morgan fingerprint density at radius 2 is 2.33 bits per heavy atom. The molecule has 1 aliphatic rings. The fourth-order valence-electron chi connectivity index (χ4n) is 2.88. The van der Waals surface area contributed by atoms with E-state index in [1.165, 1.54) is 17.8 Å². The predicted octanol–water partition coefficient (Wildman–Crippen LogP) is 2.94. The van der Waals surface area contributed by atoms with E-state index in [0.717, 1.165) is 42.2 Å². The molecule has 0 N–H and O–H groups in total. The van der Waals surface area contributed by atoms with Gasteiger partial charge in [0, 0.05) is 25.0 Å². The molecule has 0 bridgehead atoms. The lowest BCUT2D eigenvalue weighted by Gasteiger charge is -2.32. The minimum absolute atomic E-state index is 0.140. The Hall–Kier alpha value is -1.75. The van der Waals surface area contributed by atoms with Gasteiger partial charge >= 0.3 is 0 Å². The molecular weight excluding hydrogens is 282 g/mol. The van der Waals surface area contributed by atoms with Crippen molar-refractivity contribution in [3.63, 3.8) is 0 Å². The standard InChI is InChI=1S/C16H19N3OS/c1-12-15(21-11-18-12)16(20)19-8-4-5-13(10-19)9-14-6-2-3-7-17-14/h2-3,6-7,11,13H,4-5,8-10H2,1H3. The van der Waals surface area contributed by atoms with E-state index in [2.05, 4.69) is 16.0 Å². The van der Waals surface area contributed by atoms with Crippen LogP contribution in [-0.2, 0) is 6.42 Å². The zero-order valence-corrected chi connectivity index (χ0v) is 13.0. The summed E-state index contributed by atoms with van der Waals surface area (Å²) in [6.45, 7) is 3.58. The number of amides is 1. The second-order valence-electron chi connectivity index (χ2n) is 5.55. The molecule has 0 saturated carbocycles. The smallest absolute Gasteiger partial charge is 0.265 e. The molecule has 2 aromatic rings. The number of aromatic nitrogens is 2. The van der Waals surface area contributed by atoms with Gasteiger partial charge in [-0.2, -0.15) is 0 Å². The number of piperidine rings is 1. The fourth-order valence-corrected chi connectivity index (χ4v) is 3.65. The molecule has 1 atom stereocenters. The minimum Gasteiger partial charge on any atom is -0.338 e. The summed E-state index contributed by atoms with van der Waals surface area (Å²) >= 11 is 1.44. The molecule has 21 heavy (non-hydrogen) atoms. The number of rotatable bonds is 3. The van der Waals surface area contributed by atoms with Gasteiger partial charge in [-0.15, -0.1) is 11.3 Å². The van der Waals surface area contributed by atoms with E-state index in [1.54, 1.807) is 5.51 Å². The summed E-state index contributed by atoms with van der Waals surface area (Å²) < 4.78 is 0. The Labute approximate surface area is 128 Å². The van der Waals surface area contributed by atoms with Crippen LogP contribution in [0.5, 0.6) is 0 Å². The van der Waals surface area contributed by atoms with Gasteiger partial charge in [-0.05, 0) is 44.2 Å². The van der Waals surface area contributed by atoms with Crippen LogP contribution in [0.4, 0.5) is 0 Å². The summed E-state index contributed by atoms with van der Waals surface area (Å²) in [5, 5.41) is 0. The highest BCUT2D eigenvalue weighted by atomic mass is 32.1. The van der Waals surface area contributed by atoms with Crippen LogP contribution in [0.25, 0.3) is 0 Å². The Morgan fingerprint density at radius 1 is 1.43 bits per heavy atom. The van der Waals surface area contributed by atoms with Crippen molar-refractivity contribution >= 4 is 17.2 Å². The van der Waals surface area contributed by atoms with Crippen molar-refractivity contribution < 1.29 is 4.79 Å². The van der Waals surface area contributed by atoms with Gasteiger partial charge < -0.3 is 4.90 Å². The minimum atomic E-state index is 0.140. The number of likely N-dealkylation sites (tertiary alicyclic amines) is 1. The summed E-state index contributed by atoms with van der Waals surface area (Å²) in [5.41, 5.74) is 3.71. The number of carbonyl (C=O) groups excluding carboxylic acids is 1. The van der Waals surface area contributed by atoms with Crippen LogP contribution in [0.3, 0.4) is 0 Å². The Morgan fingerprint density at radius 3 is 3.05 bits per heavy atom. The summed E-state index contributed by atoms with van der Waals surface area (Å²) in [5.74, 6) is 0.645. The summed E-state index contributed by atoms with van der Waals surface area (Å²) in [6.07, 6.45) is 5.02. The molecule has 3 rings (SSSR count). The highest BCUT2D eigenvalue weighted by Crippen LogP contribution is 2.23. The molecule has 3 heterocycles. The quantitative estimate of drug-likeness (QED) is 0.875. The van der Waals surface area contributed by atoms with Crippen molar-refractivity contribution in [2.75, 3.05) is 13.1 Å². The van der Waals surface area contributed by atoms with E-state index in [0.29, 0.717) is 5.92 Å². The molecule has 1 aliphatic heterocycles. The molecule has 1 saturated heterocycles. The maximum absolute atomic E-state index is 12.6. The first-order valence-corrected chi connectivity index (χ1v) is 8.21. The molecule has 0 radical (unpaired) electrons. The third-order valence-corrected chi connectivity index (χ3v) is 4.89. The van der Waals surface area contributed by atoms with E-state index < -0.39 is 0 Å². The monoisotopic (exact) mass is 301 g/mol. The highest BCUT2D eigenvalue weighted by molar-refractivity contribution is 7.11. The second kappa shape index (κ2) is 6.35. The Balaban J connectivity index is 1.66. The SMILES string of the molecule is Cc1ncsc1C(=O)N1CCCC(Cc2ccccn2)C1. The number of aryl methyl sites for hydroxylation is 1. The average molecular weight is 301 g/mol. The molecule has 0 aliphatic carbocycles. The van der Waals surface area contributed by atoms with Crippen molar-refractivity contribution in [3.8, 4) is 0 Å². The van der Waals surface area contributed by atoms with Crippen LogP contribution >= 0.6 is 11.3 Å². The van der Waals surface area contributed by atoms with E-state index >= 15 is 0 Å². The van der Waals surface area contributed by atoms with Crippen LogP contribution in [0.15, 0.2) is 29.9 Å². The second-order valence-corrected chi connectivity index (χ2v) is 6.41. The van der Waals surface area contributed by atoms with Gasteiger partial charge in [-0.1, -0.05) is 6.07 Å². The van der Waals surface area contributed by atoms with Crippen LogP contribution < -0.4 is 0 Å². The number of carbonyl (C=O) groups is 1. The molecule has 110 valence electrons. The van der Waals surface area contributed by atoms with Crippen LogP contribution in [0.1, 0.15) is 33.9 Å². The van der Waals surface area contributed by atoms with Crippen molar-refractivity contribution in [2.24, 2.45) is 5.92 Å². The molecule has 0 spiro atoms. The Bertz CT molecular complexity index is 611. The lowest BCUT2D eigenvalue weighted by atomic mass is 9.93. The van der Waals surface area contributed by atoms with E-state index in [1.807, 2.05) is 30.2 Å². The largest absolute Gasteiger partial charge is 0.338 e. The zero-order chi connectivity index (χ0) is 14.7. The third kappa shape index (κ3) is 3.29. The molecule has 2 aromatic heterocycles. The maximum Gasteiger partial charge on any atom is 0.265 e. The van der Waals surface area contributed by atoms with Crippen molar-refractivity contribution in [1.29, 1.82) is 0 Å². The number of nitrogens with zero attached hydrogens (tertiary/aromatic N) is 3. The number of hydrogen-bond donors (Lipinski definition) is 0. The van der Waals surface area contributed by atoms with Gasteiger partial charge in [0.25, 0.3) is 5.91 Å². The number of thiazole rings is 1. The van der Waals surface area contributed by atoms with Gasteiger partial charge in [-0.25, -0.2) is 4.98 Å². The van der Waals surface area contributed by atoms with Crippen LogP contribution in [0, 0.1) is 12.8 Å². The van der Waals surface area contributed by atoms with Gasteiger partial charge in [0.05, 0.1) is 11.2 Å². The van der Waals surface area contributed by atoms with Crippen LogP contribution in [-0.4, -0.2) is 33.9 Å². The highest BCUT2D eigenvalue weighted by Gasteiger charge is 2.26. The normalized spacial score (nSPS) is 18.7. The third-order valence-electron chi connectivity index (χ3n) is 3.97. The molecule has 1 fully saturated rings. The fraction of sp³-hybridized carbons (Fsp3) is 0.438. The summed E-state index contributed by atoms with van der Waals surface area (Å²) in [4.78, 5) is 23.9. The number of hydrogen-bond acceptors (Lipinski definition) is 4. The molecule has 0 aromatic carbocycles. The van der Waals surface area contributed by atoms with E-state index in [4.69, 9.17) is 0 Å². The predicted molar refractivity (Wildman–Crippen MR) is 83.4 cm³/mol. The molecule has 1 amide bonds. The van der Waals surface area contributed by atoms with Gasteiger partial charge in [0.15, 0.2) is 0 Å². The van der Waals surface area contributed by atoms with Gasteiger partial charge in [0.2, 0.25) is 0 Å². The lowest BCUT2D eigenvalue weighted by molar-refractivity contribution is 0.0676. The average Bonchev–Trinajstić information content (AvgIpc) is 2.94. The van der Waals surface area contributed by atoms with Crippen LogP contribution in [0.2, 0.25) is 0 Å². The maximum atomic E-state index is 12.6. The molecule has 5 heteroatoms. The number of pyridine rings is 1. The van der Waals surface area contributed by atoms with Gasteiger partial charge in [-0.3, -0.25) is 9.78 Å². The van der Waals surface area contributed by atoms with Gasteiger partial charge in [0.1, 0.15) is 4.88 Å². The Kier molecular flexibility index (Phi) is 4.29. The lowest BCUT2D eigenvalue weighted by Crippen LogP contribution is -2.40.